The molecule has 1 aromatic carbocycles. The van der Waals surface area contributed by atoms with Crippen molar-refractivity contribution in [1.82, 2.24) is 4.72 Å². The first-order valence-corrected chi connectivity index (χ1v) is 8.29. The van der Waals surface area contributed by atoms with E-state index in [1.54, 1.807) is 0 Å². The summed E-state index contributed by atoms with van der Waals surface area (Å²) in [5.74, 6) is -0.576. The number of esters is 1. The van der Waals surface area contributed by atoms with Gasteiger partial charge >= 0.3 is 5.97 Å². The Labute approximate surface area is 128 Å². The SMILES string of the molecule is COC(=O)c1ccc(S(=O)(=O)NCC2CCCO2)c(Cl)c1. The molecule has 1 unspecified atom stereocenters. The first kappa shape index (κ1) is 16.2. The highest BCUT2D eigenvalue weighted by Gasteiger charge is 2.22. The summed E-state index contributed by atoms with van der Waals surface area (Å²) in [4.78, 5) is 11.3. The van der Waals surface area contributed by atoms with Gasteiger partial charge in [0.15, 0.2) is 0 Å². The lowest BCUT2D eigenvalue weighted by Crippen LogP contribution is -2.32. The minimum absolute atomic E-state index is 0.0299. The number of ether oxygens (including phenoxy) is 2. The van der Waals surface area contributed by atoms with E-state index in [0.717, 1.165) is 12.8 Å². The van der Waals surface area contributed by atoms with Crippen LogP contribution in [0.15, 0.2) is 23.1 Å². The molecule has 1 atom stereocenters. The predicted octanol–water partition coefficient (Wildman–Crippen LogP) is 1.58. The maximum atomic E-state index is 12.2. The van der Waals surface area contributed by atoms with Gasteiger partial charge in [0.2, 0.25) is 10.0 Å². The number of hydrogen-bond donors (Lipinski definition) is 1. The van der Waals surface area contributed by atoms with Crippen molar-refractivity contribution in [2.75, 3.05) is 20.3 Å². The van der Waals surface area contributed by atoms with Crippen LogP contribution in [0.2, 0.25) is 5.02 Å². The number of hydrogen-bond acceptors (Lipinski definition) is 5. The largest absolute Gasteiger partial charge is 0.465 e. The molecule has 0 aliphatic carbocycles. The van der Waals surface area contributed by atoms with Gasteiger partial charge in [0, 0.05) is 13.2 Å². The van der Waals surface area contributed by atoms with E-state index in [-0.39, 0.29) is 28.1 Å². The van der Waals surface area contributed by atoms with Crippen molar-refractivity contribution >= 4 is 27.6 Å². The van der Waals surface area contributed by atoms with E-state index < -0.39 is 16.0 Å². The minimum atomic E-state index is -3.74. The standard InChI is InChI=1S/C13H16ClNO5S/c1-19-13(16)9-4-5-12(11(14)7-9)21(17,18)15-8-10-3-2-6-20-10/h4-5,7,10,15H,2-3,6,8H2,1H3. The molecule has 1 N–H and O–H groups in total. The molecule has 21 heavy (non-hydrogen) atoms. The van der Waals surface area contributed by atoms with Crippen LogP contribution in [0.5, 0.6) is 0 Å². The van der Waals surface area contributed by atoms with Gasteiger partial charge in [-0.25, -0.2) is 17.9 Å². The van der Waals surface area contributed by atoms with Gasteiger partial charge in [0.25, 0.3) is 0 Å². The minimum Gasteiger partial charge on any atom is -0.465 e. The van der Waals surface area contributed by atoms with Crippen LogP contribution in [0.1, 0.15) is 23.2 Å². The first-order valence-electron chi connectivity index (χ1n) is 6.43. The Morgan fingerprint density at radius 2 is 2.29 bits per heavy atom. The molecular weight excluding hydrogens is 318 g/mol. The lowest BCUT2D eigenvalue weighted by molar-refractivity contribution is 0.0600. The topological polar surface area (TPSA) is 81.7 Å². The number of carbonyl (C=O) groups is 1. The highest BCUT2D eigenvalue weighted by atomic mass is 35.5. The average Bonchev–Trinajstić information content (AvgIpc) is 2.97. The van der Waals surface area contributed by atoms with Gasteiger partial charge < -0.3 is 9.47 Å². The lowest BCUT2D eigenvalue weighted by Gasteiger charge is -2.12. The van der Waals surface area contributed by atoms with Gasteiger partial charge in [-0.15, -0.1) is 0 Å². The average molecular weight is 334 g/mol. The maximum absolute atomic E-state index is 12.2. The van der Waals surface area contributed by atoms with Crippen LogP contribution >= 0.6 is 11.6 Å². The van der Waals surface area contributed by atoms with Crippen LogP contribution in [-0.4, -0.2) is 40.8 Å². The van der Waals surface area contributed by atoms with Gasteiger partial charge in [-0.3, -0.25) is 0 Å². The van der Waals surface area contributed by atoms with E-state index >= 15 is 0 Å². The number of nitrogens with one attached hydrogen (secondary N) is 1. The monoisotopic (exact) mass is 333 g/mol. The van der Waals surface area contributed by atoms with E-state index in [1.165, 1.54) is 25.3 Å². The van der Waals surface area contributed by atoms with Crippen LogP contribution in [0.3, 0.4) is 0 Å². The molecule has 0 amide bonds. The summed E-state index contributed by atoms with van der Waals surface area (Å²) in [6.45, 7) is 0.860. The molecule has 0 saturated carbocycles. The first-order chi connectivity index (χ1) is 9.94. The molecule has 1 aliphatic rings. The summed E-state index contributed by atoms with van der Waals surface area (Å²) in [5.41, 5.74) is 0.195. The molecule has 0 aromatic heterocycles. The zero-order valence-corrected chi connectivity index (χ0v) is 13.0. The highest BCUT2D eigenvalue weighted by molar-refractivity contribution is 7.89. The Morgan fingerprint density at radius 1 is 1.52 bits per heavy atom. The molecule has 1 fully saturated rings. The summed E-state index contributed by atoms with van der Waals surface area (Å²) in [6.07, 6.45) is 1.66. The number of rotatable bonds is 5. The van der Waals surface area contributed by atoms with E-state index in [4.69, 9.17) is 16.3 Å². The fraction of sp³-hybridized carbons (Fsp3) is 0.462. The van der Waals surface area contributed by atoms with Crippen molar-refractivity contribution in [1.29, 1.82) is 0 Å². The van der Waals surface area contributed by atoms with Gasteiger partial charge in [0.1, 0.15) is 4.90 Å². The van der Waals surface area contributed by atoms with Crippen LogP contribution in [0.4, 0.5) is 0 Å². The zero-order valence-electron chi connectivity index (χ0n) is 11.5. The second-order valence-electron chi connectivity index (χ2n) is 4.62. The van der Waals surface area contributed by atoms with E-state index in [2.05, 4.69) is 9.46 Å². The Bertz CT molecular complexity index is 625. The molecule has 0 bridgehead atoms. The molecule has 116 valence electrons. The molecule has 0 radical (unpaired) electrons. The molecule has 1 aliphatic heterocycles. The number of halogens is 1. The quantitative estimate of drug-likeness (QED) is 0.827. The Balaban J connectivity index is 2.13. The van der Waals surface area contributed by atoms with E-state index in [1.807, 2.05) is 0 Å². The van der Waals surface area contributed by atoms with Crippen LogP contribution in [0, 0.1) is 0 Å². The third-order valence-corrected chi connectivity index (χ3v) is 5.07. The highest BCUT2D eigenvalue weighted by Crippen LogP contribution is 2.23. The van der Waals surface area contributed by atoms with E-state index in [9.17, 15) is 13.2 Å². The van der Waals surface area contributed by atoms with Gasteiger partial charge in [-0.05, 0) is 31.0 Å². The smallest absolute Gasteiger partial charge is 0.337 e. The van der Waals surface area contributed by atoms with Crippen LogP contribution < -0.4 is 4.72 Å². The summed E-state index contributed by atoms with van der Waals surface area (Å²) in [7, 11) is -2.50. The predicted molar refractivity (Wildman–Crippen MR) is 77.0 cm³/mol. The number of sulfonamides is 1. The molecular formula is C13H16ClNO5S. The molecule has 8 heteroatoms. The second kappa shape index (κ2) is 6.74. The summed E-state index contributed by atoms with van der Waals surface area (Å²) in [5, 5.41) is -0.0299. The molecule has 2 rings (SSSR count). The van der Waals surface area contributed by atoms with Crippen molar-refractivity contribution in [3.63, 3.8) is 0 Å². The molecule has 6 nitrogen and oxygen atoms in total. The van der Waals surface area contributed by atoms with Crippen molar-refractivity contribution < 1.29 is 22.7 Å². The zero-order chi connectivity index (χ0) is 15.5. The Morgan fingerprint density at radius 3 is 2.86 bits per heavy atom. The maximum Gasteiger partial charge on any atom is 0.337 e. The van der Waals surface area contributed by atoms with Crippen molar-refractivity contribution in [3.8, 4) is 0 Å². The molecule has 1 aromatic rings. The summed E-state index contributed by atoms with van der Waals surface area (Å²) >= 11 is 5.95. The van der Waals surface area contributed by atoms with Crippen molar-refractivity contribution in [3.05, 3.63) is 28.8 Å². The Kier molecular flexibility index (Phi) is 5.21. The summed E-state index contributed by atoms with van der Waals surface area (Å²) in [6, 6.07) is 3.92. The number of methoxy groups -OCH3 is 1. The number of carbonyl (C=O) groups excluding carboxylic acids is 1. The van der Waals surface area contributed by atoms with Crippen molar-refractivity contribution in [2.45, 2.75) is 23.8 Å². The third-order valence-electron chi connectivity index (χ3n) is 3.17. The molecule has 1 saturated heterocycles. The van der Waals surface area contributed by atoms with Crippen LogP contribution in [0.25, 0.3) is 0 Å². The normalized spacial score (nSPS) is 18.7. The molecule has 0 spiro atoms. The van der Waals surface area contributed by atoms with Gasteiger partial charge in [-0.2, -0.15) is 0 Å². The van der Waals surface area contributed by atoms with Gasteiger partial charge in [0.05, 0.1) is 23.8 Å². The number of benzene rings is 1. The molecule has 1 heterocycles. The Hall–Kier alpha value is -1.15. The fourth-order valence-corrected chi connectivity index (χ4v) is 3.66. The lowest BCUT2D eigenvalue weighted by atomic mass is 10.2. The summed E-state index contributed by atoms with van der Waals surface area (Å²) < 4.78 is 36.8. The van der Waals surface area contributed by atoms with E-state index in [0.29, 0.717) is 6.61 Å². The van der Waals surface area contributed by atoms with Crippen LogP contribution in [-0.2, 0) is 19.5 Å². The van der Waals surface area contributed by atoms with Crippen molar-refractivity contribution in [2.24, 2.45) is 0 Å². The second-order valence-corrected chi connectivity index (χ2v) is 6.77. The van der Waals surface area contributed by atoms with Gasteiger partial charge in [-0.1, -0.05) is 11.6 Å². The third kappa shape index (κ3) is 3.94. The fourth-order valence-electron chi connectivity index (χ4n) is 2.05.